The number of ether oxygens (including phenoxy) is 1. The number of carboxylic acid groups (broad SMARTS) is 1. The summed E-state index contributed by atoms with van der Waals surface area (Å²) in [6.07, 6.45) is -2.12. The summed E-state index contributed by atoms with van der Waals surface area (Å²) in [4.78, 5) is 10.8. The molecule has 98 valence electrons. The van der Waals surface area contributed by atoms with E-state index in [-0.39, 0.29) is 11.9 Å². The van der Waals surface area contributed by atoms with E-state index >= 15 is 0 Å². The van der Waals surface area contributed by atoms with Gasteiger partial charge in [0.25, 0.3) is 0 Å². The van der Waals surface area contributed by atoms with Crippen LogP contribution in [0.5, 0.6) is 5.75 Å². The predicted octanol–water partition coefficient (Wildman–Crippen LogP) is 3.33. The van der Waals surface area contributed by atoms with Gasteiger partial charge in [-0.1, -0.05) is 0 Å². The summed E-state index contributed by atoms with van der Waals surface area (Å²) in [5.41, 5.74) is -1.42. The van der Waals surface area contributed by atoms with Crippen LogP contribution in [0.3, 0.4) is 0 Å². The number of halogens is 3. The Morgan fingerprint density at radius 2 is 1.94 bits per heavy atom. The zero-order valence-corrected chi connectivity index (χ0v) is 9.33. The topological polar surface area (TPSA) is 46.5 Å². The Bertz CT molecular complexity index is 464. The van der Waals surface area contributed by atoms with Crippen LogP contribution < -0.4 is 4.74 Å². The van der Waals surface area contributed by atoms with Crippen LogP contribution in [0.1, 0.15) is 35.2 Å². The predicted molar refractivity (Wildman–Crippen MR) is 56.7 cm³/mol. The lowest BCUT2D eigenvalue weighted by Crippen LogP contribution is -2.24. The van der Waals surface area contributed by atoms with E-state index < -0.39 is 23.3 Å². The summed E-state index contributed by atoms with van der Waals surface area (Å²) in [5.74, 6) is -1.44. The summed E-state index contributed by atoms with van der Waals surface area (Å²) in [6.45, 7) is 0. The second kappa shape index (κ2) is 4.51. The zero-order chi connectivity index (χ0) is 13.3. The average Bonchev–Trinajstić information content (AvgIpc) is 2.22. The summed E-state index contributed by atoms with van der Waals surface area (Å²) in [7, 11) is 0. The molecule has 6 heteroatoms. The Hall–Kier alpha value is -1.72. The van der Waals surface area contributed by atoms with Gasteiger partial charge >= 0.3 is 12.1 Å². The summed E-state index contributed by atoms with van der Waals surface area (Å²) in [5, 5.41) is 8.78. The highest BCUT2D eigenvalue weighted by Gasteiger charge is 2.32. The molecule has 1 aliphatic carbocycles. The normalized spacial score (nSPS) is 16.2. The second-order valence-electron chi connectivity index (χ2n) is 4.22. The van der Waals surface area contributed by atoms with Gasteiger partial charge < -0.3 is 9.84 Å². The fourth-order valence-electron chi connectivity index (χ4n) is 1.64. The van der Waals surface area contributed by atoms with Gasteiger partial charge in [0.15, 0.2) is 0 Å². The number of carboxylic acids is 1. The van der Waals surface area contributed by atoms with E-state index in [1.807, 2.05) is 0 Å². The van der Waals surface area contributed by atoms with Crippen LogP contribution >= 0.6 is 0 Å². The molecule has 1 aromatic rings. The molecule has 0 unspecified atom stereocenters. The van der Waals surface area contributed by atoms with Crippen molar-refractivity contribution in [1.82, 2.24) is 0 Å². The zero-order valence-electron chi connectivity index (χ0n) is 9.33. The summed E-state index contributed by atoms with van der Waals surface area (Å²) < 4.78 is 43.1. The molecule has 0 amide bonds. The Labute approximate surface area is 101 Å². The molecule has 1 aliphatic rings. The summed E-state index contributed by atoms with van der Waals surface area (Å²) in [6, 6.07) is 2.57. The third kappa shape index (κ3) is 2.75. The van der Waals surface area contributed by atoms with Gasteiger partial charge in [0.05, 0.1) is 17.2 Å². The van der Waals surface area contributed by atoms with Gasteiger partial charge in [0.2, 0.25) is 0 Å². The van der Waals surface area contributed by atoms with Gasteiger partial charge in [0, 0.05) is 0 Å². The largest absolute Gasteiger partial charge is 0.490 e. The first kappa shape index (κ1) is 12.7. The molecule has 1 fully saturated rings. The molecule has 1 N–H and O–H groups in total. The van der Waals surface area contributed by atoms with Crippen LogP contribution in [0, 0.1) is 0 Å². The smallest absolute Gasteiger partial charge is 0.416 e. The molecule has 0 aromatic heterocycles. The van der Waals surface area contributed by atoms with Gasteiger partial charge in [-0.3, -0.25) is 0 Å². The van der Waals surface area contributed by atoms with Gasteiger partial charge in [-0.2, -0.15) is 13.2 Å². The molecule has 0 bridgehead atoms. The van der Waals surface area contributed by atoms with E-state index in [0.717, 1.165) is 31.4 Å². The maximum atomic E-state index is 12.6. The van der Waals surface area contributed by atoms with Crippen molar-refractivity contribution in [1.29, 1.82) is 0 Å². The van der Waals surface area contributed by atoms with Crippen molar-refractivity contribution in [2.45, 2.75) is 31.5 Å². The maximum absolute atomic E-state index is 12.6. The van der Waals surface area contributed by atoms with Gasteiger partial charge in [-0.05, 0) is 37.5 Å². The van der Waals surface area contributed by atoms with E-state index in [2.05, 4.69) is 0 Å². The van der Waals surface area contributed by atoms with Crippen molar-refractivity contribution in [2.75, 3.05) is 0 Å². The number of benzene rings is 1. The lowest BCUT2D eigenvalue weighted by Gasteiger charge is -2.26. The van der Waals surface area contributed by atoms with Crippen molar-refractivity contribution >= 4 is 5.97 Å². The first-order chi connectivity index (χ1) is 8.36. The Morgan fingerprint density at radius 3 is 2.39 bits per heavy atom. The summed E-state index contributed by atoms with van der Waals surface area (Å²) >= 11 is 0. The number of hydrogen-bond acceptors (Lipinski definition) is 2. The molecule has 2 rings (SSSR count). The molecule has 0 saturated heterocycles. The highest BCUT2D eigenvalue weighted by atomic mass is 19.4. The van der Waals surface area contributed by atoms with Crippen LogP contribution in [0.2, 0.25) is 0 Å². The maximum Gasteiger partial charge on any atom is 0.416 e. The molecule has 3 nitrogen and oxygen atoms in total. The Kier molecular flexibility index (Phi) is 3.19. The Balaban J connectivity index is 2.32. The number of rotatable bonds is 3. The molecule has 18 heavy (non-hydrogen) atoms. The first-order valence-corrected chi connectivity index (χ1v) is 5.48. The fraction of sp³-hybridized carbons (Fsp3) is 0.417. The van der Waals surface area contributed by atoms with Crippen molar-refractivity contribution < 1.29 is 27.8 Å². The molecule has 0 atom stereocenters. The highest BCUT2D eigenvalue weighted by Crippen LogP contribution is 2.34. The molecule has 1 saturated carbocycles. The fourth-order valence-corrected chi connectivity index (χ4v) is 1.64. The molecule has 1 aromatic carbocycles. The molecular weight excluding hydrogens is 249 g/mol. The minimum Gasteiger partial charge on any atom is -0.490 e. The number of hydrogen-bond donors (Lipinski definition) is 1. The van der Waals surface area contributed by atoms with Gasteiger partial charge in [0.1, 0.15) is 5.75 Å². The SMILES string of the molecule is O=C(O)c1cc(OC2CCC2)cc(C(F)(F)F)c1. The average molecular weight is 260 g/mol. The molecule has 0 spiro atoms. The number of alkyl halides is 3. The Morgan fingerprint density at radius 1 is 1.28 bits per heavy atom. The standard InChI is InChI=1S/C12H11F3O3/c13-12(14,15)8-4-7(11(16)17)5-10(6-8)18-9-2-1-3-9/h4-6,9H,1-3H2,(H,16,17). The van der Waals surface area contributed by atoms with E-state index in [1.165, 1.54) is 0 Å². The molecule has 0 heterocycles. The lowest BCUT2D eigenvalue weighted by molar-refractivity contribution is -0.137. The molecule has 0 aliphatic heterocycles. The number of carbonyl (C=O) groups is 1. The van der Waals surface area contributed by atoms with E-state index in [0.29, 0.717) is 6.07 Å². The van der Waals surface area contributed by atoms with Crippen molar-refractivity contribution in [3.63, 3.8) is 0 Å². The van der Waals surface area contributed by atoms with Crippen LogP contribution in [0.25, 0.3) is 0 Å². The van der Waals surface area contributed by atoms with Crippen LogP contribution in [0.4, 0.5) is 13.2 Å². The van der Waals surface area contributed by atoms with Crippen LogP contribution in [0.15, 0.2) is 18.2 Å². The minimum atomic E-state index is -4.58. The van der Waals surface area contributed by atoms with E-state index in [4.69, 9.17) is 9.84 Å². The first-order valence-electron chi connectivity index (χ1n) is 5.48. The second-order valence-corrected chi connectivity index (χ2v) is 4.22. The van der Waals surface area contributed by atoms with E-state index in [1.54, 1.807) is 0 Å². The van der Waals surface area contributed by atoms with Crippen molar-refractivity contribution in [3.05, 3.63) is 29.3 Å². The monoisotopic (exact) mass is 260 g/mol. The number of aromatic carboxylic acids is 1. The van der Waals surface area contributed by atoms with Crippen LogP contribution in [-0.4, -0.2) is 17.2 Å². The third-order valence-electron chi connectivity index (χ3n) is 2.84. The molecular formula is C12H11F3O3. The third-order valence-corrected chi connectivity index (χ3v) is 2.84. The van der Waals surface area contributed by atoms with Gasteiger partial charge in [-0.25, -0.2) is 4.79 Å². The highest BCUT2D eigenvalue weighted by molar-refractivity contribution is 5.88. The van der Waals surface area contributed by atoms with Crippen molar-refractivity contribution in [3.8, 4) is 5.75 Å². The van der Waals surface area contributed by atoms with Crippen molar-refractivity contribution in [2.24, 2.45) is 0 Å². The minimum absolute atomic E-state index is 0.0353. The van der Waals surface area contributed by atoms with Crippen LogP contribution in [-0.2, 0) is 6.18 Å². The molecule has 0 radical (unpaired) electrons. The van der Waals surface area contributed by atoms with Gasteiger partial charge in [-0.15, -0.1) is 0 Å². The van der Waals surface area contributed by atoms with E-state index in [9.17, 15) is 18.0 Å². The lowest BCUT2D eigenvalue weighted by atomic mass is 9.96. The quantitative estimate of drug-likeness (QED) is 0.906.